The van der Waals surface area contributed by atoms with Crippen molar-refractivity contribution < 1.29 is 19.1 Å². The highest BCUT2D eigenvalue weighted by Gasteiger charge is 2.58. The van der Waals surface area contributed by atoms with Gasteiger partial charge in [0.2, 0.25) is 0 Å². The third-order valence-corrected chi connectivity index (χ3v) is 10.5. The zero-order valence-electron chi connectivity index (χ0n) is 23.9. The summed E-state index contributed by atoms with van der Waals surface area (Å²) in [5.74, 6) is 3.71. The summed E-state index contributed by atoms with van der Waals surface area (Å²) in [5, 5.41) is 0. The van der Waals surface area contributed by atoms with Crippen LogP contribution in [0.15, 0.2) is 35.1 Å². The lowest BCUT2D eigenvalue weighted by atomic mass is 9.51. The fourth-order valence-corrected chi connectivity index (χ4v) is 8.18. The molecule has 200 valence electrons. The summed E-state index contributed by atoms with van der Waals surface area (Å²) in [5.41, 5.74) is 2.82. The number of rotatable bonds is 6. The lowest BCUT2D eigenvalue weighted by Gasteiger charge is -2.54. The molecule has 0 aromatic heterocycles. The molecule has 36 heavy (non-hydrogen) atoms. The van der Waals surface area contributed by atoms with Crippen LogP contribution >= 0.6 is 0 Å². The Hall–Kier alpha value is -1.84. The van der Waals surface area contributed by atoms with Gasteiger partial charge in [-0.3, -0.25) is 9.59 Å². The molecule has 0 amide bonds. The van der Waals surface area contributed by atoms with E-state index in [9.17, 15) is 9.59 Å². The zero-order valence-corrected chi connectivity index (χ0v) is 23.9. The Balaban J connectivity index is 1.68. The first-order chi connectivity index (χ1) is 16.9. The number of carbonyl (C=O) groups excluding carboxylic acids is 2. The summed E-state index contributed by atoms with van der Waals surface area (Å²) in [4.78, 5) is 23.9. The van der Waals surface area contributed by atoms with Crippen LogP contribution in [-0.4, -0.2) is 18.0 Å². The number of ether oxygens (including phenoxy) is 2. The average Bonchev–Trinajstić information content (AvgIpc) is 3.13. The zero-order chi connectivity index (χ0) is 26.4. The Morgan fingerprint density at radius 2 is 1.75 bits per heavy atom. The Morgan fingerprint density at radius 3 is 2.39 bits per heavy atom. The van der Waals surface area contributed by atoms with Gasteiger partial charge in [0, 0.05) is 20.3 Å². The minimum atomic E-state index is -0.216. The monoisotopic (exact) mass is 496 g/mol. The third-order valence-electron chi connectivity index (χ3n) is 10.5. The highest BCUT2D eigenvalue weighted by Crippen LogP contribution is 2.66. The molecule has 0 spiro atoms. The minimum absolute atomic E-state index is 0.00103. The molecule has 2 saturated carbocycles. The van der Waals surface area contributed by atoms with Crippen LogP contribution in [-0.2, 0) is 19.1 Å². The van der Waals surface area contributed by atoms with Crippen molar-refractivity contribution in [3.63, 3.8) is 0 Å². The van der Waals surface area contributed by atoms with Crippen molar-refractivity contribution in [3.8, 4) is 0 Å². The molecule has 0 saturated heterocycles. The first-order valence-corrected chi connectivity index (χ1v) is 14.3. The van der Waals surface area contributed by atoms with E-state index in [0.717, 1.165) is 37.9 Å². The van der Waals surface area contributed by atoms with E-state index in [0.29, 0.717) is 35.5 Å². The van der Waals surface area contributed by atoms with Gasteiger partial charge in [0.1, 0.15) is 11.9 Å². The second-order valence-corrected chi connectivity index (χ2v) is 13.2. The largest absolute Gasteiger partial charge is 0.463 e. The van der Waals surface area contributed by atoms with Gasteiger partial charge in [-0.15, -0.1) is 0 Å². The van der Waals surface area contributed by atoms with Gasteiger partial charge in [-0.1, -0.05) is 59.8 Å². The fraction of sp³-hybridized carbons (Fsp3) is 0.750. The normalized spacial score (nSPS) is 37.6. The molecule has 0 aliphatic heterocycles. The third kappa shape index (κ3) is 4.86. The fourth-order valence-electron chi connectivity index (χ4n) is 8.18. The summed E-state index contributed by atoms with van der Waals surface area (Å²) < 4.78 is 11.7. The summed E-state index contributed by atoms with van der Waals surface area (Å²) in [7, 11) is 0. The maximum absolute atomic E-state index is 12.3. The molecule has 5 unspecified atom stereocenters. The molecular weight excluding hydrogens is 448 g/mol. The predicted octanol–water partition coefficient (Wildman–Crippen LogP) is 7.79. The van der Waals surface area contributed by atoms with Crippen LogP contribution in [0.3, 0.4) is 0 Å². The van der Waals surface area contributed by atoms with Gasteiger partial charge in [0.05, 0.1) is 0 Å². The van der Waals surface area contributed by atoms with Crippen molar-refractivity contribution in [2.45, 2.75) is 106 Å². The Morgan fingerprint density at radius 1 is 1.03 bits per heavy atom. The summed E-state index contributed by atoms with van der Waals surface area (Å²) in [6.07, 6.45) is 14.3. The maximum atomic E-state index is 12.3. The second-order valence-electron chi connectivity index (χ2n) is 13.2. The molecule has 4 aliphatic carbocycles. The smallest absolute Gasteiger partial charge is 0.307 e. The molecule has 8 atom stereocenters. The molecule has 0 aromatic rings. The minimum Gasteiger partial charge on any atom is -0.463 e. The molecule has 0 heterocycles. The molecule has 4 rings (SSSR count). The number of carbonyl (C=O) groups is 2. The van der Waals surface area contributed by atoms with E-state index in [-0.39, 0.29) is 28.9 Å². The summed E-state index contributed by atoms with van der Waals surface area (Å²) >= 11 is 0. The van der Waals surface area contributed by atoms with Gasteiger partial charge in [-0.25, -0.2) is 0 Å². The molecule has 4 aliphatic rings. The molecule has 0 N–H and O–H groups in total. The second kappa shape index (κ2) is 10.1. The number of hydrogen-bond acceptors (Lipinski definition) is 4. The Bertz CT molecular complexity index is 971. The van der Waals surface area contributed by atoms with Crippen LogP contribution in [0, 0.1) is 46.3 Å². The van der Waals surface area contributed by atoms with Crippen LogP contribution in [0.1, 0.15) is 100 Å². The summed E-state index contributed by atoms with van der Waals surface area (Å²) in [6.45, 7) is 17.1. The number of hydrogen-bond donors (Lipinski definition) is 0. The van der Waals surface area contributed by atoms with E-state index in [1.807, 2.05) is 0 Å². The van der Waals surface area contributed by atoms with E-state index in [1.165, 1.54) is 37.8 Å². The van der Waals surface area contributed by atoms with Crippen LogP contribution in [0.5, 0.6) is 0 Å². The lowest BCUT2D eigenvalue weighted by Crippen LogP contribution is -2.46. The lowest BCUT2D eigenvalue weighted by molar-refractivity contribution is -0.150. The molecule has 4 heteroatoms. The van der Waals surface area contributed by atoms with Crippen LogP contribution in [0.4, 0.5) is 0 Å². The van der Waals surface area contributed by atoms with Crippen LogP contribution in [0.2, 0.25) is 0 Å². The molecule has 4 nitrogen and oxygen atoms in total. The van der Waals surface area contributed by atoms with Crippen LogP contribution < -0.4 is 0 Å². The first kappa shape index (κ1) is 27.2. The van der Waals surface area contributed by atoms with Crippen molar-refractivity contribution in [3.05, 3.63) is 35.1 Å². The van der Waals surface area contributed by atoms with Crippen LogP contribution in [0.25, 0.3) is 0 Å². The van der Waals surface area contributed by atoms with Gasteiger partial charge in [-0.2, -0.15) is 0 Å². The molecule has 0 radical (unpaired) electrons. The number of esters is 2. The Kier molecular flexibility index (Phi) is 7.66. The molecule has 2 fully saturated rings. The first-order valence-electron chi connectivity index (χ1n) is 14.3. The van der Waals surface area contributed by atoms with Crippen molar-refractivity contribution >= 4 is 11.9 Å². The number of fused-ring (bicyclic) bond motifs is 5. The van der Waals surface area contributed by atoms with Gasteiger partial charge in [0.15, 0.2) is 0 Å². The van der Waals surface area contributed by atoms with E-state index >= 15 is 0 Å². The molecule has 0 aromatic carbocycles. The summed E-state index contributed by atoms with van der Waals surface area (Å²) in [6, 6.07) is 0. The highest BCUT2D eigenvalue weighted by molar-refractivity contribution is 5.68. The van der Waals surface area contributed by atoms with Gasteiger partial charge >= 0.3 is 11.9 Å². The van der Waals surface area contributed by atoms with Gasteiger partial charge in [0.25, 0.3) is 0 Å². The predicted molar refractivity (Wildman–Crippen MR) is 144 cm³/mol. The maximum Gasteiger partial charge on any atom is 0.307 e. The van der Waals surface area contributed by atoms with Crippen molar-refractivity contribution in [1.82, 2.24) is 0 Å². The number of allylic oxidation sites excluding steroid dienone is 6. The van der Waals surface area contributed by atoms with E-state index < -0.39 is 0 Å². The van der Waals surface area contributed by atoms with E-state index in [4.69, 9.17) is 9.47 Å². The highest BCUT2D eigenvalue weighted by atomic mass is 16.5. The SMILES string of the molecule is CC(=O)OC1=C2C(=CC[C@H]3CC(OC(C)=O)CCC23C)C2CCC([C@H](C)/C=C/[C@H](C)C(C)C)C2(C)C1. The van der Waals surface area contributed by atoms with Gasteiger partial charge in [-0.05, 0) is 96.0 Å². The van der Waals surface area contributed by atoms with Crippen molar-refractivity contribution in [2.75, 3.05) is 0 Å². The molecular formula is C32H48O4. The van der Waals surface area contributed by atoms with Crippen molar-refractivity contribution in [2.24, 2.45) is 46.3 Å². The molecule has 0 bridgehead atoms. The topological polar surface area (TPSA) is 52.6 Å². The van der Waals surface area contributed by atoms with E-state index in [1.54, 1.807) is 0 Å². The average molecular weight is 497 g/mol. The standard InChI is InChI=1S/C32H48O4/c1-19(2)20(3)9-10-21(4)27-13-14-28-26-12-11-24-17-25(35-22(5)33)15-16-31(24,7)30(26)29(36-23(6)34)18-32(27,28)8/h9-10,12,19-21,24-25,27-28H,11,13-18H2,1-8H3/b10-9+/t20-,21+,24-,25?,27?,28?,31?,32?/m0/s1. The van der Waals surface area contributed by atoms with Crippen molar-refractivity contribution in [1.29, 1.82) is 0 Å². The quantitative estimate of drug-likeness (QED) is 0.278. The Labute approximate surface area is 219 Å². The van der Waals surface area contributed by atoms with Gasteiger partial charge < -0.3 is 9.47 Å². The van der Waals surface area contributed by atoms with E-state index in [2.05, 4.69) is 59.8 Å².